The largest absolute Gasteiger partial charge is 0.481 e. The van der Waals surface area contributed by atoms with E-state index in [2.05, 4.69) is 0 Å². The highest BCUT2D eigenvalue weighted by Crippen LogP contribution is 2.42. The van der Waals surface area contributed by atoms with Gasteiger partial charge in [0.1, 0.15) is 8.64 Å². The predicted molar refractivity (Wildman–Crippen MR) is 95.3 cm³/mol. The van der Waals surface area contributed by atoms with Gasteiger partial charge in [-0.1, -0.05) is 48.0 Å². The van der Waals surface area contributed by atoms with Crippen molar-refractivity contribution >= 4 is 80.4 Å². The summed E-state index contributed by atoms with van der Waals surface area (Å²) in [5, 5.41) is 17.4. The van der Waals surface area contributed by atoms with Gasteiger partial charge in [0.05, 0.1) is 22.7 Å². The second-order valence-electron chi connectivity index (χ2n) is 4.60. The summed E-state index contributed by atoms with van der Waals surface area (Å²) in [5.41, 5.74) is 0. The summed E-state index contributed by atoms with van der Waals surface area (Å²) < 4.78 is 0.346. The average molecular weight is 406 g/mol. The van der Waals surface area contributed by atoms with Crippen LogP contribution >= 0.6 is 48.0 Å². The van der Waals surface area contributed by atoms with Crippen molar-refractivity contribution in [2.45, 2.75) is 12.8 Å². The Bertz CT molecular complexity index is 646. The Kier molecular flexibility index (Phi) is 5.96. The van der Waals surface area contributed by atoms with Gasteiger partial charge in [0.15, 0.2) is 0 Å². The van der Waals surface area contributed by atoms with Crippen molar-refractivity contribution in [1.29, 1.82) is 0 Å². The fraction of sp³-hybridized carbons (Fsp3) is 0.333. The van der Waals surface area contributed by atoms with Gasteiger partial charge in [-0.25, -0.2) is 0 Å². The predicted octanol–water partition coefficient (Wildman–Crippen LogP) is 0.868. The van der Waals surface area contributed by atoms with Gasteiger partial charge in [-0.2, -0.15) is 0 Å². The first-order valence-electron chi connectivity index (χ1n) is 6.47. The van der Waals surface area contributed by atoms with E-state index in [4.69, 9.17) is 34.6 Å². The molecular weight excluding hydrogens is 396 g/mol. The molecule has 0 atom stereocenters. The highest BCUT2D eigenvalue weighted by atomic mass is 32.2. The van der Waals surface area contributed by atoms with E-state index in [9.17, 15) is 19.2 Å². The summed E-state index contributed by atoms with van der Waals surface area (Å²) in [7, 11) is 0. The van der Waals surface area contributed by atoms with Crippen molar-refractivity contribution in [2.75, 3.05) is 13.1 Å². The van der Waals surface area contributed by atoms with Gasteiger partial charge in [-0.3, -0.25) is 29.0 Å². The lowest BCUT2D eigenvalue weighted by Crippen LogP contribution is -2.32. The molecule has 0 radical (unpaired) electrons. The lowest BCUT2D eigenvalue weighted by Gasteiger charge is -2.13. The molecule has 2 fully saturated rings. The summed E-state index contributed by atoms with van der Waals surface area (Å²) in [6.07, 6.45) is -0.529. The molecule has 128 valence electrons. The van der Waals surface area contributed by atoms with Crippen LogP contribution in [-0.2, 0) is 19.2 Å². The first-order chi connectivity index (χ1) is 11.2. The van der Waals surface area contributed by atoms with Gasteiger partial charge < -0.3 is 10.2 Å². The zero-order valence-corrected chi connectivity index (χ0v) is 15.1. The monoisotopic (exact) mass is 406 g/mol. The molecule has 0 spiro atoms. The van der Waals surface area contributed by atoms with E-state index in [0.29, 0.717) is 0 Å². The van der Waals surface area contributed by atoms with Crippen molar-refractivity contribution in [1.82, 2.24) is 9.80 Å². The fourth-order valence-corrected chi connectivity index (χ4v) is 4.64. The zero-order valence-electron chi connectivity index (χ0n) is 11.9. The summed E-state index contributed by atoms with van der Waals surface area (Å²) in [4.78, 5) is 48.5. The summed E-state index contributed by atoms with van der Waals surface area (Å²) >= 11 is 11.9. The maximum absolute atomic E-state index is 12.4. The number of carboxylic acids is 2. The summed E-state index contributed by atoms with van der Waals surface area (Å²) in [5.74, 6) is -3.21. The van der Waals surface area contributed by atoms with Crippen LogP contribution in [0.4, 0.5) is 0 Å². The van der Waals surface area contributed by atoms with Crippen LogP contribution in [-0.4, -0.2) is 65.5 Å². The molecule has 0 bridgehead atoms. The fourth-order valence-electron chi connectivity index (χ4n) is 1.87. The summed E-state index contributed by atoms with van der Waals surface area (Å²) in [6, 6.07) is 0. The molecule has 0 aromatic rings. The minimum Gasteiger partial charge on any atom is -0.481 e. The van der Waals surface area contributed by atoms with Gasteiger partial charge in [-0.15, -0.1) is 0 Å². The molecule has 2 rings (SSSR count). The topological polar surface area (TPSA) is 115 Å². The maximum Gasteiger partial charge on any atom is 0.305 e. The van der Waals surface area contributed by atoms with Crippen LogP contribution in [0.1, 0.15) is 12.8 Å². The SMILES string of the molecule is O=C(O)CCN1C(=O)C(=C2SC(=S)N(CCC(=O)O)C2=O)SC1=S. The zero-order chi connectivity index (χ0) is 18.0. The van der Waals surface area contributed by atoms with Crippen LogP contribution in [0.25, 0.3) is 0 Å². The van der Waals surface area contributed by atoms with Crippen LogP contribution in [0.3, 0.4) is 0 Å². The van der Waals surface area contributed by atoms with E-state index in [1.165, 1.54) is 0 Å². The van der Waals surface area contributed by atoms with E-state index < -0.39 is 23.8 Å². The Morgan fingerprint density at radius 3 is 1.46 bits per heavy atom. The molecule has 0 aromatic carbocycles. The van der Waals surface area contributed by atoms with E-state index in [1.807, 2.05) is 0 Å². The number of carbonyl (C=O) groups is 4. The van der Waals surface area contributed by atoms with E-state index >= 15 is 0 Å². The number of carbonyl (C=O) groups excluding carboxylic acids is 2. The highest BCUT2D eigenvalue weighted by Gasteiger charge is 2.41. The van der Waals surface area contributed by atoms with Crippen molar-refractivity contribution in [3.63, 3.8) is 0 Å². The average Bonchev–Trinajstić information content (AvgIpc) is 2.92. The molecule has 0 aromatic heterocycles. The number of thioether (sulfide) groups is 2. The van der Waals surface area contributed by atoms with Crippen LogP contribution in [0.2, 0.25) is 0 Å². The molecule has 8 nitrogen and oxygen atoms in total. The van der Waals surface area contributed by atoms with Gasteiger partial charge in [0.2, 0.25) is 0 Å². The number of thiocarbonyl (C=S) groups is 2. The molecule has 2 heterocycles. The molecule has 2 aliphatic heterocycles. The number of hydrogen-bond donors (Lipinski definition) is 2. The summed E-state index contributed by atoms with van der Waals surface area (Å²) in [6.45, 7) is -0.161. The van der Waals surface area contributed by atoms with E-state index in [1.54, 1.807) is 0 Å². The first kappa shape index (κ1) is 18.8. The second kappa shape index (κ2) is 7.59. The Hall–Kier alpha value is -1.50. The molecule has 2 aliphatic rings. The lowest BCUT2D eigenvalue weighted by molar-refractivity contribution is -0.138. The first-order valence-corrected chi connectivity index (χ1v) is 8.92. The Morgan fingerprint density at radius 1 is 0.833 bits per heavy atom. The molecule has 0 saturated carbocycles. The third kappa shape index (κ3) is 3.94. The molecule has 0 unspecified atom stereocenters. The Balaban J connectivity index is 2.20. The number of rotatable bonds is 6. The van der Waals surface area contributed by atoms with Gasteiger partial charge in [-0.05, 0) is 0 Å². The number of aliphatic carboxylic acids is 2. The number of nitrogens with zero attached hydrogens (tertiary/aromatic N) is 2. The van der Waals surface area contributed by atoms with Crippen LogP contribution in [0.15, 0.2) is 9.81 Å². The van der Waals surface area contributed by atoms with Crippen LogP contribution in [0.5, 0.6) is 0 Å². The van der Waals surface area contributed by atoms with Crippen molar-refractivity contribution < 1.29 is 29.4 Å². The Labute approximate surface area is 155 Å². The van der Waals surface area contributed by atoms with E-state index in [-0.39, 0.29) is 44.4 Å². The lowest BCUT2D eigenvalue weighted by atomic mass is 10.3. The number of amides is 2. The van der Waals surface area contributed by atoms with Gasteiger partial charge >= 0.3 is 11.9 Å². The standard InChI is InChI=1S/C12H10N2O6S4/c15-5(16)1-3-13-9(19)7(23-11(13)21)8-10(20)14(12(22)24-8)4-2-6(17)18/h1-4H2,(H,15,16)(H,17,18). The minimum atomic E-state index is -1.07. The van der Waals surface area contributed by atoms with Crippen LogP contribution in [0, 0.1) is 0 Å². The van der Waals surface area contributed by atoms with Gasteiger partial charge in [0.25, 0.3) is 11.8 Å². The molecular formula is C12H10N2O6S4. The normalized spacial score (nSPS) is 21.2. The highest BCUT2D eigenvalue weighted by molar-refractivity contribution is 8.29. The molecule has 12 heteroatoms. The van der Waals surface area contributed by atoms with Crippen molar-refractivity contribution in [2.24, 2.45) is 0 Å². The van der Waals surface area contributed by atoms with Crippen molar-refractivity contribution in [3.8, 4) is 0 Å². The smallest absolute Gasteiger partial charge is 0.305 e. The number of carboxylic acid groups (broad SMARTS) is 2. The Morgan fingerprint density at radius 2 is 1.17 bits per heavy atom. The van der Waals surface area contributed by atoms with Gasteiger partial charge in [0, 0.05) is 13.1 Å². The molecule has 2 N–H and O–H groups in total. The molecule has 24 heavy (non-hydrogen) atoms. The quantitative estimate of drug-likeness (QED) is 0.486. The molecule has 0 aliphatic carbocycles. The number of hydrogen-bond acceptors (Lipinski definition) is 8. The minimum absolute atomic E-state index is 0.0805. The van der Waals surface area contributed by atoms with Crippen molar-refractivity contribution in [3.05, 3.63) is 9.81 Å². The second-order valence-corrected chi connectivity index (χ2v) is 7.88. The molecule has 2 amide bonds. The van der Waals surface area contributed by atoms with Crippen LogP contribution < -0.4 is 0 Å². The maximum atomic E-state index is 12.4. The third-order valence-electron chi connectivity index (χ3n) is 3.00. The van der Waals surface area contributed by atoms with E-state index in [0.717, 1.165) is 33.3 Å². The molecule has 2 saturated heterocycles. The third-order valence-corrected chi connectivity index (χ3v) is 6.03.